The minimum Gasteiger partial charge on any atom is -0.293 e. The van der Waals surface area contributed by atoms with Crippen LogP contribution in [0.5, 0.6) is 0 Å². The molecule has 0 amide bonds. The molecule has 3 nitrogen and oxygen atoms in total. The first kappa shape index (κ1) is 6.01. The molecule has 3 heteroatoms. The standard InChI is InChI=1S/C5H13N3/c1-6-5-7-3-2-4-8-5/h5-8H,2-4H2,1H3. The highest BCUT2D eigenvalue weighted by Gasteiger charge is 2.06. The Labute approximate surface area is 49.8 Å². The number of hydrogen-bond donors (Lipinski definition) is 3. The van der Waals surface area contributed by atoms with Crippen molar-refractivity contribution in [3.05, 3.63) is 0 Å². The highest BCUT2D eigenvalue weighted by Crippen LogP contribution is 1.82. The van der Waals surface area contributed by atoms with Gasteiger partial charge < -0.3 is 0 Å². The van der Waals surface area contributed by atoms with Crippen molar-refractivity contribution in [3.8, 4) is 0 Å². The quantitative estimate of drug-likeness (QED) is 0.413. The maximum absolute atomic E-state index is 3.25. The molecule has 0 aromatic heterocycles. The van der Waals surface area contributed by atoms with E-state index in [4.69, 9.17) is 0 Å². The molecular weight excluding hydrogens is 102 g/mol. The van der Waals surface area contributed by atoms with E-state index >= 15 is 0 Å². The molecule has 0 spiro atoms. The van der Waals surface area contributed by atoms with Gasteiger partial charge in [0.05, 0.1) is 0 Å². The van der Waals surface area contributed by atoms with Crippen LogP contribution in [0.3, 0.4) is 0 Å². The summed E-state index contributed by atoms with van der Waals surface area (Å²) in [4.78, 5) is 0. The smallest absolute Gasteiger partial charge is 0.111 e. The third-order valence-electron chi connectivity index (χ3n) is 1.34. The van der Waals surface area contributed by atoms with Crippen LogP contribution >= 0.6 is 0 Å². The summed E-state index contributed by atoms with van der Waals surface area (Å²) in [5.74, 6) is 0. The van der Waals surface area contributed by atoms with Crippen LogP contribution in [-0.4, -0.2) is 26.4 Å². The van der Waals surface area contributed by atoms with Gasteiger partial charge in [-0.2, -0.15) is 0 Å². The van der Waals surface area contributed by atoms with E-state index in [1.807, 2.05) is 7.05 Å². The Morgan fingerprint density at radius 2 is 2.00 bits per heavy atom. The first-order valence-corrected chi connectivity index (χ1v) is 3.07. The molecule has 1 heterocycles. The average Bonchev–Trinajstić information content (AvgIpc) is 1.90. The number of nitrogens with one attached hydrogen (secondary N) is 3. The van der Waals surface area contributed by atoms with Crippen LogP contribution in [0.1, 0.15) is 6.42 Å². The van der Waals surface area contributed by atoms with Crippen molar-refractivity contribution < 1.29 is 0 Å². The number of rotatable bonds is 1. The van der Waals surface area contributed by atoms with E-state index in [1.165, 1.54) is 6.42 Å². The molecule has 1 aliphatic heterocycles. The van der Waals surface area contributed by atoms with Crippen LogP contribution in [0.25, 0.3) is 0 Å². The molecule has 0 unspecified atom stereocenters. The molecule has 0 bridgehead atoms. The zero-order valence-corrected chi connectivity index (χ0v) is 5.20. The molecule has 1 saturated heterocycles. The van der Waals surface area contributed by atoms with Gasteiger partial charge in [0.2, 0.25) is 0 Å². The second-order valence-electron chi connectivity index (χ2n) is 1.98. The van der Waals surface area contributed by atoms with Gasteiger partial charge in [-0.05, 0) is 26.6 Å². The van der Waals surface area contributed by atoms with Gasteiger partial charge in [0, 0.05) is 0 Å². The van der Waals surface area contributed by atoms with Crippen molar-refractivity contribution in [2.45, 2.75) is 12.7 Å². The largest absolute Gasteiger partial charge is 0.293 e. The molecular formula is C5H13N3. The molecule has 1 rings (SSSR count). The van der Waals surface area contributed by atoms with Crippen LogP contribution < -0.4 is 16.0 Å². The summed E-state index contributed by atoms with van der Waals surface area (Å²) in [6.07, 6.45) is 1.57. The molecule has 48 valence electrons. The molecule has 0 atom stereocenters. The SMILES string of the molecule is CNC1NCCCN1. The van der Waals surface area contributed by atoms with Gasteiger partial charge >= 0.3 is 0 Å². The lowest BCUT2D eigenvalue weighted by Gasteiger charge is -2.23. The molecule has 1 aliphatic rings. The predicted octanol–water partition coefficient (Wildman–Crippen LogP) is -0.928. The average molecular weight is 115 g/mol. The Morgan fingerprint density at radius 3 is 2.38 bits per heavy atom. The molecule has 8 heavy (non-hydrogen) atoms. The summed E-state index contributed by atoms with van der Waals surface area (Å²) in [7, 11) is 1.94. The lowest BCUT2D eigenvalue weighted by Crippen LogP contribution is -2.55. The summed E-state index contributed by atoms with van der Waals surface area (Å²) in [5.41, 5.74) is 0. The summed E-state index contributed by atoms with van der Waals surface area (Å²) >= 11 is 0. The minimum absolute atomic E-state index is 0.337. The van der Waals surface area contributed by atoms with Crippen molar-refractivity contribution in [1.82, 2.24) is 16.0 Å². The van der Waals surface area contributed by atoms with Gasteiger partial charge in [-0.1, -0.05) is 0 Å². The fourth-order valence-corrected chi connectivity index (χ4v) is 0.857. The van der Waals surface area contributed by atoms with Crippen LogP contribution in [0.15, 0.2) is 0 Å². The highest BCUT2D eigenvalue weighted by molar-refractivity contribution is 4.65. The van der Waals surface area contributed by atoms with Gasteiger partial charge in [0.1, 0.15) is 6.29 Å². The predicted molar refractivity (Wildman–Crippen MR) is 33.5 cm³/mol. The van der Waals surface area contributed by atoms with Gasteiger partial charge in [0.15, 0.2) is 0 Å². The van der Waals surface area contributed by atoms with Crippen LogP contribution in [0.4, 0.5) is 0 Å². The molecule has 0 aromatic carbocycles. The monoisotopic (exact) mass is 115 g/mol. The molecule has 0 radical (unpaired) electrons. The lowest BCUT2D eigenvalue weighted by molar-refractivity contribution is 0.332. The van der Waals surface area contributed by atoms with E-state index in [0.29, 0.717) is 6.29 Å². The summed E-state index contributed by atoms with van der Waals surface area (Å²) in [5, 5.41) is 9.57. The Morgan fingerprint density at radius 1 is 1.38 bits per heavy atom. The second-order valence-corrected chi connectivity index (χ2v) is 1.98. The van der Waals surface area contributed by atoms with E-state index in [9.17, 15) is 0 Å². The Hall–Kier alpha value is -0.120. The Balaban J connectivity index is 2.13. The minimum atomic E-state index is 0.337. The molecule has 1 fully saturated rings. The van der Waals surface area contributed by atoms with Crippen molar-refractivity contribution >= 4 is 0 Å². The first-order valence-electron chi connectivity index (χ1n) is 3.07. The summed E-state index contributed by atoms with van der Waals surface area (Å²) in [6, 6.07) is 0. The van der Waals surface area contributed by atoms with Gasteiger partial charge in [-0.3, -0.25) is 16.0 Å². The van der Waals surface area contributed by atoms with Gasteiger partial charge in [0.25, 0.3) is 0 Å². The zero-order valence-electron chi connectivity index (χ0n) is 5.20. The maximum atomic E-state index is 3.25. The number of hydrogen-bond acceptors (Lipinski definition) is 3. The van der Waals surface area contributed by atoms with Crippen molar-refractivity contribution in [3.63, 3.8) is 0 Å². The van der Waals surface area contributed by atoms with E-state index in [2.05, 4.69) is 16.0 Å². The maximum Gasteiger partial charge on any atom is 0.111 e. The van der Waals surface area contributed by atoms with Crippen LogP contribution in [0.2, 0.25) is 0 Å². The fraction of sp³-hybridized carbons (Fsp3) is 1.00. The Bertz CT molecular complexity index is 58.7. The third kappa shape index (κ3) is 1.43. The lowest BCUT2D eigenvalue weighted by atomic mass is 10.3. The van der Waals surface area contributed by atoms with Gasteiger partial charge in [-0.25, -0.2) is 0 Å². The molecule has 0 aliphatic carbocycles. The second kappa shape index (κ2) is 3.02. The van der Waals surface area contributed by atoms with Crippen molar-refractivity contribution in [2.24, 2.45) is 0 Å². The molecule has 0 saturated carbocycles. The normalized spacial score (nSPS) is 23.6. The topological polar surface area (TPSA) is 36.1 Å². The Kier molecular flexibility index (Phi) is 2.27. The summed E-state index contributed by atoms with van der Waals surface area (Å²) < 4.78 is 0. The van der Waals surface area contributed by atoms with E-state index in [1.54, 1.807) is 0 Å². The highest BCUT2D eigenvalue weighted by atomic mass is 15.3. The fourth-order valence-electron chi connectivity index (χ4n) is 0.857. The zero-order chi connectivity index (χ0) is 5.82. The third-order valence-corrected chi connectivity index (χ3v) is 1.34. The van der Waals surface area contributed by atoms with Crippen molar-refractivity contribution in [2.75, 3.05) is 20.1 Å². The first-order chi connectivity index (χ1) is 3.93. The summed E-state index contributed by atoms with van der Waals surface area (Å²) in [6.45, 7) is 2.25. The van der Waals surface area contributed by atoms with E-state index in [-0.39, 0.29) is 0 Å². The van der Waals surface area contributed by atoms with E-state index < -0.39 is 0 Å². The van der Waals surface area contributed by atoms with Gasteiger partial charge in [-0.15, -0.1) is 0 Å². The van der Waals surface area contributed by atoms with Crippen molar-refractivity contribution in [1.29, 1.82) is 0 Å². The molecule has 3 N–H and O–H groups in total. The molecule has 0 aromatic rings. The van der Waals surface area contributed by atoms with Crippen LogP contribution in [0, 0.1) is 0 Å². The van der Waals surface area contributed by atoms with E-state index in [0.717, 1.165) is 13.1 Å². The van der Waals surface area contributed by atoms with Crippen LogP contribution in [-0.2, 0) is 0 Å².